The van der Waals surface area contributed by atoms with Crippen molar-refractivity contribution in [3.63, 3.8) is 0 Å². The summed E-state index contributed by atoms with van der Waals surface area (Å²) in [6.07, 6.45) is 3.86. The van der Waals surface area contributed by atoms with Crippen LogP contribution >= 0.6 is 11.6 Å². The minimum atomic E-state index is -0.359. The molecule has 1 aromatic carbocycles. The molecule has 0 atom stereocenters. The summed E-state index contributed by atoms with van der Waals surface area (Å²) < 4.78 is 5.11. The molecule has 0 N–H and O–H groups in total. The van der Waals surface area contributed by atoms with E-state index in [1.54, 1.807) is 18.2 Å². The quantitative estimate of drug-likeness (QED) is 0.595. The molecule has 17 heavy (non-hydrogen) atoms. The monoisotopic (exact) mass is 247 g/mol. The number of esters is 1. The lowest BCUT2D eigenvalue weighted by Gasteiger charge is -1.94. The number of nitrogens with zero attached hydrogens (tertiary/aromatic N) is 1. The average molecular weight is 248 g/mol. The summed E-state index contributed by atoms with van der Waals surface area (Å²) in [6, 6.07) is 7.24. The molecule has 4 heteroatoms. The van der Waals surface area contributed by atoms with Gasteiger partial charge in [-0.3, -0.25) is 0 Å². The first-order valence-electron chi connectivity index (χ1n) is 5.50. The highest BCUT2D eigenvalue weighted by Gasteiger charge is 2.35. The lowest BCUT2D eigenvalue weighted by atomic mass is 10.2. The molecule has 1 saturated carbocycles. The van der Waals surface area contributed by atoms with E-state index in [1.807, 2.05) is 12.1 Å². The SMILES string of the molecule is O=C1OC(C2CC2)=N/C1=C/c1ccc(Cl)cc1. The second-order valence-electron chi connectivity index (χ2n) is 4.19. The third-order valence-corrected chi connectivity index (χ3v) is 2.99. The van der Waals surface area contributed by atoms with Gasteiger partial charge in [0.25, 0.3) is 0 Å². The number of hydrogen-bond acceptors (Lipinski definition) is 3. The van der Waals surface area contributed by atoms with E-state index < -0.39 is 0 Å². The molecule has 0 spiro atoms. The number of benzene rings is 1. The van der Waals surface area contributed by atoms with Crippen LogP contribution in [0.15, 0.2) is 35.0 Å². The molecule has 0 unspecified atom stereocenters. The van der Waals surface area contributed by atoms with Crippen LogP contribution in [-0.4, -0.2) is 11.9 Å². The van der Waals surface area contributed by atoms with Crippen LogP contribution in [-0.2, 0) is 9.53 Å². The van der Waals surface area contributed by atoms with Crippen LogP contribution in [0.4, 0.5) is 0 Å². The standard InChI is InChI=1S/C13H10ClNO2/c14-10-5-1-8(2-6-10)7-11-13(16)17-12(15-11)9-3-4-9/h1-2,5-7,9H,3-4H2/b11-7+. The van der Waals surface area contributed by atoms with Gasteiger partial charge in [-0.25, -0.2) is 9.79 Å². The van der Waals surface area contributed by atoms with Crippen molar-refractivity contribution in [2.45, 2.75) is 12.8 Å². The molecular formula is C13H10ClNO2. The van der Waals surface area contributed by atoms with E-state index in [0.717, 1.165) is 18.4 Å². The van der Waals surface area contributed by atoms with Crippen molar-refractivity contribution in [1.29, 1.82) is 0 Å². The van der Waals surface area contributed by atoms with Gasteiger partial charge in [0, 0.05) is 10.9 Å². The van der Waals surface area contributed by atoms with Gasteiger partial charge in [-0.05, 0) is 36.6 Å². The second kappa shape index (κ2) is 4.00. The zero-order valence-electron chi connectivity index (χ0n) is 9.02. The Bertz CT molecular complexity index is 527. The molecule has 1 aliphatic carbocycles. The number of halogens is 1. The Kier molecular flexibility index (Phi) is 2.48. The van der Waals surface area contributed by atoms with E-state index in [-0.39, 0.29) is 5.97 Å². The Balaban J connectivity index is 1.87. The maximum Gasteiger partial charge on any atom is 0.363 e. The first-order chi connectivity index (χ1) is 8.22. The summed E-state index contributed by atoms with van der Waals surface area (Å²) in [4.78, 5) is 15.8. The van der Waals surface area contributed by atoms with Crippen LogP contribution in [0.1, 0.15) is 18.4 Å². The zero-order chi connectivity index (χ0) is 11.8. The smallest absolute Gasteiger partial charge is 0.363 e. The zero-order valence-corrected chi connectivity index (χ0v) is 9.78. The maximum absolute atomic E-state index is 11.6. The van der Waals surface area contributed by atoms with Crippen molar-refractivity contribution >= 4 is 29.5 Å². The molecule has 0 bridgehead atoms. The summed E-state index contributed by atoms with van der Waals surface area (Å²) in [5.74, 6) is 0.576. The van der Waals surface area contributed by atoms with E-state index in [2.05, 4.69) is 4.99 Å². The van der Waals surface area contributed by atoms with Gasteiger partial charge in [0.15, 0.2) is 5.70 Å². The van der Waals surface area contributed by atoms with E-state index in [0.29, 0.717) is 22.5 Å². The van der Waals surface area contributed by atoms with E-state index in [9.17, 15) is 4.79 Å². The summed E-state index contributed by atoms with van der Waals surface area (Å²) in [6.45, 7) is 0. The number of cyclic esters (lactones) is 1. The Morgan fingerprint density at radius 2 is 2.00 bits per heavy atom. The molecule has 2 aliphatic rings. The van der Waals surface area contributed by atoms with Gasteiger partial charge in [0.05, 0.1) is 0 Å². The summed E-state index contributed by atoms with van der Waals surface area (Å²) >= 11 is 5.79. The van der Waals surface area contributed by atoms with Gasteiger partial charge in [-0.15, -0.1) is 0 Å². The van der Waals surface area contributed by atoms with E-state index in [1.165, 1.54) is 0 Å². The fraction of sp³-hybridized carbons (Fsp3) is 0.231. The molecule has 3 nitrogen and oxygen atoms in total. The van der Waals surface area contributed by atoms with Crippen LogP contribution in [0.25, 0.3) is 6.08 Å². The molecule has 3 rings (SSSR count). The number of carbonyl (C=O) groups excluding carboxylic acids is 1. The fourth-order valence-electron chi connectivity index (χ4n) is 1.65. The topological polar surface area (TPSA) is 38.7 Å². The minimum Gasteiger partial charge on any atom is -0.406 e. The highest BCUT2D eigenvalue weighted by Crippen LogP contribution is 2.34. The van der Waals surface area contributed by atoms with Crippen molar-refractivity contribution < 1.29 is 9.53 Å². The number of hydrogen-bond donors (Lipinski definition) is 0. The van der Waals surface area contributed by atoms with Crippen LogP contribution < -0.4 is 0 Å². The van der Waals surface area contributed by atoms with Crippen molar-refractivity contribution in [2.24, 2.45) is 10.9 Å². The van der Waals surface area contributed by atoms with Crippen LogP contribution in [0.3, 0.4) is 0 Å². The summed E-state index contributed by atoms with van der Waals surface area (Å²) in [5.41, 5.74) is 1.26. The predicted molar refractivity (Wildman–Crippen MR) is 65.7 cm³/mol. The first-order valence-corrected chi connectivity index (χ1v) is 5.88. The van der Waals surface area contributed by atoms with Crippen molar-refractivity contribution in [2.75, 3.05) is 0 Å². The molecule has 1 aromatic rings. The van der Waals surface area contributed by atoms with Gasteiger partial charge in [-0.2, -0.15) is 0 Å². The maximum atomic E-state index is 11.6. The highest BCUT2D eigenvalue weighted by atomic mass is 35.5. The minimum absolute atomic E-state index is 0.357. The van der Waals surface area contributed by atoms with Crippen LogP contribution in [0, 0.1) is 5.92 Å². The first kappa shape index (κ1) is 10.5. The summed E-state index contributed by atoms with van der Waals surface area (Å²) in [7, 11) is 0. The van der Waals surface area contributed by atoms with E-state index >= 15 is 0 Å². The third-order valence-electron chi connectivity index (χ3n) is 2.74. The molecule has 1 fully saturated rings. The molecule has 0 radical (unpaired) electrons. The Hall–Kier alpha value is -1.61. The molecule has 1 heterocycles. The van der Waals surface area contributed by atoms with Crippen LogP contribution in [0.5, 0.6) is 0 Å². The molecular weight excluding hydrogens is 238 g/mol. The number of ether oxygens (including phenoxy) is 1. The molecule has 1 aliphatic heterocycles. The highest BCUT2D eigenvalue weighted by molar-refractivity contribution is 6.30. The van der Waals surface area contributed by atoms with Crippen molar-refractivity contribution in [3.05, 3.63) is 40.5 Å². The second-order valence-corrected chi connectivity index (χ2v) is 4.63. The number of rotatable bonds is 2. The van der Waals surface area contributed by atoms with Crippen molar-refractivity contribution in [3.8, 4) is 0 Å². The lowest BCUT2D eigenvalue weighted by Crippen LogP contribution is -2.05. The summed E-state index contributed by atoms with van der Waals surface area (Å²) in [5, 5.41) is 0.670. The van der Waals surface area contributed by atoms with Crippen LogP contribution in [0.2, 0.25) is 5.02 Å². The molecule has 86 valence electrons. The number of aliphatic imine (C=N–C) groups is 1. The fourth-order valence-corrected chi connectivity index (χ4v) is 1.77. The van der Waals surface area contributed by atoms with Gasteiger partial charge in [-0.1, -0.05) is 23.7 Å². The largest absolute Gasteiger partial charge is 0.406 e. The van der Waals surface area contributed by atoms with E-state index in [4.69, 9.17) is 16.3 Å². The lowest BCUT2D eigenvalue weighted by molar-refractivity contribution is -0.130. The van der Waals surface area contributed by atoms with Gasteiger partial charge in [0.2, 0.25) is 5.90 Å². The van der Waals surface area contributed by atoms with Gasteiger partial charge < -0.3 is 4.74 Å². The molecule has 0 saturated heterocycles. The Morgan fingerprint density at radius 1 is 1.29 bits per heavy atom. The normalized spacial score (nSPS) is 21.6. The Morgan fingerprint density at radius 3 is 2.65 bits per heavy atom. The molecule has 0 amide bonds. The number of carbonyl (C=O) groups is 1. The molecule has 0 aromatic heterocycles. The predicted octanol–water partition coefficient (Wildman–Crippen LogP) is 3.05. The van der Waals surface area contributed by atoms with Gasteiger partial charge >= 0.3 is 5.97 Å². The Labute approximate surface area is 104 Å². The van der Waals surface area contributed by atoms with Crippen molar-refractivity contribution in [1.82, 2.24) is 0 Å². The average Bonchev–Trinajstić information content (AvgIpc) is 3.09. The van der Waals surface area contributed by atoms with Gasteiger partial charge in [0.1, 0.15) is 0 Å². The third kappa shape index (κ3) is 2.24.